The predicted molar refractivity (Wildman–Crippen MR) is 583 cm³/mol. The minimum absolute atomic E-state index is 0.372. The summed E-state index contributed by atoms with van der Waals surface area (Å²) in [4.78, 5) is 21.7. The second-order valence-electron chi connectivity index (χ2n) is 36.7. The third-order valence-electron chi connectivity index (χ3n) is 24.0. The highest BCUT2D eigenvalue weighted by Crippen LogP contribution is 2.35. The molecular weight excluding hydrogens is 1720 g/mol. The summed E-state index contributed by atoms with van der Waals surface area (Å²) < 4.78 is 76.9. The Morgan fingerprint density at radius 1 is 0.167 bits per heavy atom. The number of carbonyl (C=O) groups excluding carboxylic acids is 2. The molecule has 0 radical (unpaired) electrons. The second-order valence-corrected chi connectivity index (χ2v) is 36.7. The minimum atomic E-state index is -0.372. The van der Waals surface area contributed by atoms with E-state index in [1.807, 2.05) is 132 Å². The predicted octanol–water partition coefficient (Wildman–Crippen LogP) is 34.6. The van der Waals surface area contributed by atoms with Gasteiger partial charge < -0.3 is 66.3 Å². The molecule has 0 unspecified atom stereocenters. The fourth-order valence-corrected chi connectivity index (χ4v) is 15.4. The molecule has 0 amide bonds. The van der Waals surface area contributed by atoms with E-state index in [0.717, 1.165) is 177 Å². The molecule has 776 valence electrons. The molecule has 0 spiro atoms. The smallest absolute Gasteiger partial charge is 0.308 e. The Morgan fingerprint density at radius 3 is 0.449 bits per heavy atom. The largest absolute Gasteiger partial charge is 0.496 e. The average molecular weight is 1910 g/mol. The molecule has 8 aromatic carbocycles. The summed E-state index contributed by atoms with van der Waals surface area (Å²) in [6, 6.07) is 32.5. The number of hydrogen-bond donors (Lipinski definition) is 0. The molecular formula is C122H192O16. The normalized spacial score (nSPS) is 10.4. The average Bonchev–Trinajstić information content (AvgIpc) is 1.52. The van der Waals surface area contributed by atoms with Gasteiger partial charge in [-0.15, -0.1) is 0 Å². The van der Waals surface area contributed by atoms with Crippen LogP contribution < -0.4 is 66.3 Å². The highest BCUT2D eigenvalue weighted by molar-refractivity contribution is 5.72. The first-order chi connectivity index (χ1) is 66.1. The maximum Gasteiger partial charge on any atom is 0.308 e. The van der Waals surface area contributed by atoms with Crippen LogP contribution in [0.4, 0.5) is 0 Å². The third-order valence-corrected chi connectivity index (χ3v) is 24.0. The van der Waals surface area contributed by atoms with E-state index in [9.17, 15) is 9.59 Å². The maximum atomic E-state index is 10.8. The number of esters is 2. The molecule has 0 saturated heterocycles. The number of benzene rings is 8. The Morgan fingerprint density at radius 2 is 0.297 bits per heavy atom. The number of carbonyl (C=O) groups is 2. The monoisotopic (exact) mass is 1910 g/mol. The van der Waals surface area contributed by atoms with Crippen molar-refractivity contribution in [3.05, 3.63) is 197 Å². The summed E-state index contributed by atoms with van der Waals surface area (Å²) in [5.41, 5.74) is 20.7. The first-order valence-corrected chi connectivity index (χ1v) is 52.5. The van der Waals surface area contributed by atoms with E-state index in [4.69, 9.17) is 66.3 Å². The van der Waals surface area contributed by atoms with Gasteiger partial charge in [0.25, 0.3) is 0 Å². The van der Waals surface area contributed by atoms with Gasteiger partial charge in [-0.25, -0.2) is 0 Å². The number of aryl methyl sites for hydroxylation is 18. The van der Waals surface area contributed by atoms with Crippen LogP contribution >= 0.6 is 0 Å². The zero-order valence-corrected chi connectivity index (χ0v) is 93.1. The zero-order chi connectivity index (χ0) is 103. The van der Waals surface area contributed by atoms with Crippen molar-refractivity contribution in [1.82, 2.24) is 0 Å². The molecule has 0 aromatic heterocycles. The summed E-state index contributed by atoms with van der Waals surface area (Å²) in [5, 5.41) is 0. The van der Waals surface area contributed by atoms with Crippen molar-refractivity contribution in [2.24, 2.45) is 0 Å². The van der Waals surface area contributed by atoms with Crippen LogP contribution in [0.2, 0.25) is 0 Å². The van der Waals surface area contributed by atoms with E-state index in [-0.39, 0.29) is 11.9 Å². The molecule has 138 heavy (non-hydrogen) atoms. The van der Waals surface area contributed by atoms with E-state index in [1.165, 1.54) is 238 Å². The van der Waals surface area contributed by atoms with Crippen molar-refractivity contribution in [1.29, 1.82) is 0 Å². The lowest BCUT2D eigenvalue weighted by atomic mass is 10.0. The lowest BCUT2D eigenvalue weighted by Gasteiger charge is -2.14. The molecule has 0 aliphatic heterocycles. The summed E-state index contributed by atoms with van der Waals surface area (Å²) >= 11 is 0. The van der Waals surface area contributed by atoms with Gasteiger partial charge in [-0.2, -0.15) is 0 Å². The van der Waals surface area contributed by atoms with Gasteiger partial charge >= 0.3 is 11.9 Å². The SMILES string of the molecule is CC(=O)Oc1cc(C)c(OC(C)=O)cc1C.CCCCCCCCCCCCOc1cc(C)c(OCCCCCCCCCCCC)cc1C.CCCCCCCCOc1cc(C)c(OCCCCCCCC)cc1C.CCOc1cc(C)c(OCC)cc1C.CCOc1cc(C)c(OCC)cc1C.COc1cc(C)c(OC)cc1C.COc1cc(C)c(OC)cc1C.Cc1cc(C)c(C)cc1C. The number of ether oxygens (including phenoxy) is 14. The minimum Gasteiger partial charge on any atom is -0.496 e. The van der Waals surface area contributed by atoms with Crippen molar-refractivity contribution in [2.45, 2.75) is 399 Å². The van der Waals surface area contributed by atoms with Crippen LogP contribution in [0.1, 0.15) is 375 Å². The van der Waals surface area contributed by atoms with Crippen LogP contribution in [0.3, 0.4) is 0 Å². The Bertz CT molecular complexity index is 4180. The van der Waals surface area contributed by atoms with Crippen molar-refractivity contribution in [3.63, 3.8) is 0 Å². The van der Waals surface area contributed by atoms with Crippen molar-refractivity contribution in [3.8, 4) is 80.5 Å². The van der Waals surface area contributed by atoms with Gasteiger partial charge in [-0.3, -0.25) is 9.59 Å². The Kier molecular flexibility index (Phi) is 70.6. The Hall–Kier alpha value is -9.70. The molecule has 8 aromatic rings. The maximum absolute atomic E-state index is 10.8. The molecule has 0 aliphatic rings. The lowest BCUT2D eigenvalue weighted by Crippen LogP contribution is -2.06. The van der Waals surface area contributed by atoms with Crippen LogP contribution in [-0.2, 0) is 9.59 Å². The van der Waals surface area contributed by atoms with Gasteiger partial charge in [0.05, 0.1) is 81.3 Å². The van der Waals surface area contributed by atoms with Crippen LogP contribution in [-0.4, -0.2) is 93.2 Å². The lowest BCUT2D eigenvalue weighted by molar-refractivity contribution is -0.133. The standard InChI is InChI=1S/C32H58O2.C24H42O2.C12H14O4.2C12H18O2.2C10H14O2.C10H14/c1-5-7-9-11-13-15-17-19-21-23-25-33-31-27-30(4)32(28-29(31)3)34-26-24-22-20-18-16-14-12-10-8-6-2;1-5-7-9-11-13-15-17-25-23-19-22(4)24(20-21(23)3)26-18-16-14-12-10-8-6-2;1-7-5-12(16-10(4)14)8(2)6-11(7)15-9(3)13;2*1-5-13-11-7-10(4)12(14-6-2)8-9(11)3;2*1-7-5-10(12-4)8(2)6-9(7)11-3;1-7-5-9(3)10(4)6-8(7)2/h27-28H,5-26H2,1-4H3;19-20H,5-18H2,1-4H3;5-6H,1-4H3;2*7-8H,5-6H2,1-4H3;2*5-6H,1-4H3;5-6H,1-4H3. The fraction of sp³-hybridized carbons (Fsp3) is 0.590. The number of hydrogen-bond acceptors (Lipinski definition) is 16. The number of methoxy groups -OCH3 is 4. The molecule has 0 aliphatic carbocycles. The van der Waals surface area contributed by atoms with Gasteiger partial charge in [0.2, 0.25) is 0 Å². The van der Waals surface area contributed by atoms with E-state index in [1.54, 1.807) is 54.4 Å². The summed E-state index contributed by atoms with van der Waals surface area (Å²) in [6.45, 7) is 62.7. The summed E-state index contributed by atoms with van der Waals surface area (Å²) in [5.74, 6) is 11.8. The molecule has 8 rings (SSSR count). The van der Waals surface area contributed by atoms with Gasteiger partial charge in [0.1, 0.15) is 80.5 Å². The highest BCUT2D eigenvalue weighted by atomic mass is 16.5. The number of rotatable bonds is 54. The zero-order valence-electron chi connectivity index (χ0n) is 93.1. The molecule has 0 atom stereocenters. The van der Waals surface area contributed by atoms with Crippen LogP contribution in [0.5, 0.6) is 80.5 Å². The molecule has 0 saturated carbocycles. The Labute approximate surface area is 841 Å². The van der Waals surface area contributed by atoms with E-state index < -0.39 is 0 Å². The van der Waals surface area contributed by atoms with Crippen molar-refractivity contribution >= 4 is 11.9 Å². The van der Waals surface area contributed by atoms with Gasteiger partial charge in [-0.05, 0) is 363 Å². The Balaban J connectivity index is 0.000000817. The number of unbranched alkanes of at least 4 members (excludes halogenated alkanes) is 28. The van der Waals surface area contributed by atoms with E-state index >= 15 is 0 Å². The van der Waals surface area contributed by atoms with Gasteiger partial charge in [0, 0.05) is 13.8 Å². The van der Waals surface area contributed by atoms with E-state index in [2.05, 4.69) is 119 Å². The summed E-state index contributed by atoms with van der Waals surface area (Å²) in [6.07, 6.45) is 42.8. The van der Waals surface area contributed by atoms with Gasteiger partial charge in [-0.1, -0.05) is 220 Å². The highest BCUT2D eigenvalue weighted by Gasteiger charge is 2.15. The molecule has 16 heteroatoms. The summed E-state index contributed by atoms with van der Waals surface area (Å²) in [7, 11) is 6.70. The molecule has 0 N–H and O–H groups in total. The topological polar surface area (TPSA) is 163 Å². The van der Waals surface area contributed by atoms with Crippen LogP contribution in [0.25, 0.3) is 0 Å². The van der Waals surface area contributed by atoms with Crippen LogP contribution in [0, 0.1) is 125 Å². The first kappa shape index (κ1) is 126. The van der Waals surface area contributed by atoms with Crippen molar-refractivity contribution in [2.75, 3.05) is 81.3 Å². The molecule has 0 heterocycles. The van der Waals surface area contributed by atoms with Crippen molar-refractivity contribution < 1.29 is 75.9 Å². The first-order valence-electron chi connectivity index (χ1n) is 52.5. The van der Waals surface area contributed by atoms with Crippen LogP contribution in [0.15, 0.2) is 97.1 Å². The molecule has 16 nitrogen and oxygen atoms in total. The fourth-order valence-electron chi connectivity index (χ4n) is 15.4. The quantitative estimate of drug-likeness (QED) is 0.0201. The molecule has 0 bridgehead atoms. The third kappa shape index (κ3) is 54.8. The molecule has 0 fully saturated rings. The van der Waals surface area contributed by atoms with E-state index in [0.29, 0.717) is 37.9 Å². The van der Waals surface area contributed by atoms with Gasteiger partial charge in [0.15, 0.2) is 0 Å². The second kappa shape index (κ2) is 77.1.